The largest absolute Gasteiger partial charge is 0.349 e. The Kier molecular flexibility index (Phi) is 2.04. The van der Waals surface area contributed by atoms with Crippen LogP contribution in [0.5, 0.6) is 0 Å². The second-order valence-electron chi connectivity index (χ2n) is 5.00. The molecule has 0 aromatic carbocycles. The highest BCUT2D eigenvalue weighted by atomic mass is 14.9. The molecule has 3 nitrogen and oxygen atoms in total. The van der Waals surface area contributed by atoms with Gasteiger partial charge in [0.1, 0.15) is 0 Å². The fourth-order valence-corrected chi connectivity index (χ4v) is 2.27. The van der Waals surface area contributed by atoms with Gasteiger partial charge < -0.3 is 10.3 Å². The Balaban J connectivity index is 1.91. The lowest BCUT2D eigenvalue weighted by molar-refractivity contribution is 0.610. The van der Waals surface area contributed by atoms with Crippen LogP contribution in [0.2, 0.25) is 0 Å². The summed E-state index contributed by atoms with van der Waals surface area (Å²) < 4.78 is 2.15. The van der Waals surface area contributed by atoms with E-state index in [0.717, 1.165) is 18.4 Å². The van der Waals surface area contributed by atoms with E-state index in [1.165, 1.54) is 23.9 Å². The third kappa shape index (κ3) is 1.61. The van der Waals surface area contributed by atoms with E-state index in [1.807, 2.05) is 12.3 Å². The summed E-state index contributed by atoms with van der Waals surface area (Å²) in [6.45, 7) is 0. The Morgan fingerprint density at radius 1 is 1.50 bits per heavy atom. The zero-order valence-electron chi connectivity index (χ0n) is 9.61. The average molecular weight is 215 g/mol. The van der Waals surface area contributed by atoms with Crippen molar-refractivity contribution in [3.63, 3.8) is 0 Å². The van der Waals surface area contributed by atoms with Crippen molar-refractivity contribution in [1.29, 1.82) is 0 Å². The summed E-state index contributed by atoms with van der Waals surface area (Å²) in [6.07, 6.45) is 8.55. The maximum atomic E-state index is 6.12. The summed E-state index contributed by atoms with van der Waals surface area (Å²) in [5.41, 5.74) is 9.92. The molecule has 2 heterocycles. The van der Waals surface area contributed by atoms with Crippen LogP contribution in [-0.4, -0.2) is 15.1 Å². The minimum atomic E-state index is 0.136. The van der Waals surface area contributed by atoms with Gasteiger partial charge in [0.15, 0.2) is 0 Å². The molecule has 1 aliphatic carbocycles. The number of aryl methyl sites for hydroxylation is 2. The van der Waals surface area contributed by atoms with E-state index in [0.29, 0.717) is 0 Å². The predicted molar refractivity (Wildman–Crippen MR) is 65.2 cm³/mol. The van der Waals surface area contributed by atoms with Crippen molar-refractivity contribution < 1.29 is 0 Å². The molecule has 3 rings (SSSR count). The zero-order valence-corrected chi connectivity index (χ0v) is 9.61. The molecule has 0 saturated heterocycles. The Labute approximate surface area is 95.3 Å². The fraction of sp³-hybridized carbons (Fsp3) is 0.462. The molecule has 0 bridgehead atoms. The maximum absolute atomic E-state index is 6.12. The number of hydrogen-bond donors (Lipinski definition) is 1. The van der Waals surface area contributed by atoms with Gasteiger partial charge in [0.25, 0.3) is 0 Å². The first-order valence-electron chi connectivity index (χ1n) is 5.86. The van der Waals surface area contributed by atoms with E-state index in [-0.39, 0.29) is 5.54 Å². The average Bonchev–Trinajstić information content (AvgIpc) is 2.94. The van der Waals surface area contributed by atoms with E-state index >= 15 is 0 Å². The molecule has 1 aliphatic rings. The first-order valence-corrected chi connectivity index (χ1v) is 5.86. The highest BCUT2D eigenvalue weighted by molar-refractivity contribution is 5.79. The molecule has 0 radical (unpaired) electrons. The molecule has 3 heteroatoms. The highest BCUT2D eigenvalue weighted by Gasteiger charge is 2.37. The monoisotopic (exact) mass is 215 g/mol. The second-order valence-corrected chi connectivity index (χ2v) is 5.00. The van der Waals surface area contributed by atoms with Crippen molar-refractivity contribution in [1.82, 2.24) is 9.55 Å². The Morgan fingerprint density at radius 2 is 2.31 bits per heavy atom. The van der Waals surface area contributed by atoms with Gasteiger partial charge >= 0.3 is 0 Å². The van der Waals surface area contributed by atoms with Gasteiger partial charge in [-0.1, -0.05) is 0 Å². The van der Waals surface area contributed by atoms with Gasteiger partial charge in [0.05, 0.1) is 11.0 Å². The number of aromatic nitrogens is 2. The van der Waals surface area contributed by atoms with Crippen LogP contribution in [0.4, 0.5) is 0 Å². The minimum absolute atomic E-state index is 0.136. The van der Waals surface area contributed by atoms with Crippen molar-refractivity contribution in [2.75, 3.05) is 0 Å². The van der Waals surface area contributed by atoms with Gasteiger partial charge in [-0.3, -0.25) is 4.98 Å². The van der Waals surface area contributed by atoms with E-state index < -0.39 is 0 Å². The first kappa shape index (κ1) is 9.85. The number of nitrogens with two attached hydrogens (primary N) is 1. The van der Waals surface area contributed by atoms with Crippen molar-refractivity contribution in [2.45, 2.75) is 31.2 Å². The quantitative estimate of drug-likeness (QED) is 0.851. The molecule has 2 N–H and O–H groups in total. The lowest BCUT2D eigenvalue weighted by Gasteiger charge is -2.06. The summed E-state index contributed by atoms with van der Waals surface area (Å²) in [6, 6.07) is 4.10. The van der Waals surface area contributed by atoms with Crippen LogP contribution in [0, 0.1) is 0 Å². The molecule has 84 valence electrons. The number of fused-ring (bicyclic) bond motifs is 1. The van der Waals surface area contributed by atoms with Crippen LogP contribution >= 0.6 is 0 Å². The fourth-order valence-electron chi connectivity index (χ4n) is 2.27. The number of pyridine rings is 1. The molecule has 0 amide bonds. The maximum Gasteiger partial charge on any atom is 0.0912 e. The minimum Gasteiger partial charge on any atom is -0.349 e. The molecule has 0 atom stereocenters. The van der Waals surface area contributed by atoms with Crippen molar-refractivity contribution in [3.05, 3.63) is 30.1 Å². The standard InChI is InChI=1S/C13H17N3/c1-16-9-10(4-5-13(14)6-7-13)12-11(16)3-2-8-15-12/h2-3,8-9H,4-7,14H2,1H3. The van der Waals surface area contributed by atoms with Crippen LogP contribution in [0.25, 0.3) is 11.0 Å². The van der Waals surface area contributed by atoms with Gasteiger partial charge in [-0.15, -0.1) is 0 Å². The number of nitrogens with zero attached hydrogens (tertiary/aromatic N) is 2. The van der Waals surface area contributed by atoms with Gasteiger partial charge in [-0.2, -0.15) is 0 Å². The Hall–Kier alpha value is -1.35. The molecule has 2 aromatic rings. The van der Waals surface area contributed by atoms with Crippen molar-refractivity contribution in [3.8, 4) is 0 Å². The van der Waals surface area contributed by atoms with Crippen LogP contribution in [-0.2, 0) is 13.5 Å². The van der Waals surface area contributed by atoms with E-state index in [4.69, 9.17) is 5.73 Å². The third-order valence-electron chi connectivity index (χ3n) is 3.60. The summed E-state index contributed by atoms with van der Waals surface area (Å²) in [7, 11) is 2.07. The lowest BCUT2D eigenvalue weighted by atomic mass is 10.1. The summed E-state index contributed by atoms with van der Waals surface area (Å²) in [4.78, 5) is 4.46. The van der Waals surface area contributed by atoms with E-state index in [1.54, 1.807) is 0 Å². The summed E-state index contributed by atoms with van der Waals surface area (Å²) in [5.74, 6) is 0. The molecule has 16 heavy (non-hydrogen) atoms. The first-order chi connectivity index (χ1) is 7.68. The summed E-state index contributed by atoms with van der Waals surface area (Å²) >= 11 is 0. The van der Waals surface area contributed by atoms with E-state index in [2.05, 4.69) is 28.9 Å². The smallest absolute Gasteiger partial charge is 0.0912 e. The molecule has 0 aliphatic heterocycles. The Morgan fingerprint density at radius 3 is 3.06 bits per heavy atom. The molecule has 0 spiro atoms. The molecule has 0 unspecified atom stereocenters. The van der Waals surface area contributed by atoms with Crippen molar-refractivity contribution in [2.24, 2.45) is 12.8 Å². The van der Waals surface area contributed by atoms with Crippen LogP contribution < -0.4 is 5.73 Å². The lowest BCUT2D eigenvalue weighted by Crippen LogP contribution is -2.22. The van der Waals surface area contributed by atoms with Gasteiger partial charge in [-0.05, 0) is 43.4 Å². The second kappa shape index (κ2) is 3.32. The molecule has 1 saturated carbocycles. The SMILES string of the molecule is Cn1cc(CCC2(N)CC2)c2ncccc21. The molecule has 2 aromatic heterocycles. The molecular weight excluding hydrogens is 198 g/mol. The van der Waals surface area contributed by atoms with E-state index in [9.17, 15) is 0 Å². The van der Waals surface area contributed by atoms with Crippen molar-refractivity contribution >= 4 is 11.0 Å². The predicted octanol–water partition coefficient (Wildman–Crippen LogP) is 2.00. The normalized spacial score (nSPS) is 17.9. The topological polar surface area (TPSA) is 43.8 Å². The number of hydrogen-bond acceptors (Lipinski definition) is 2. The zero-order chi connectivity index (χ0) is 11.2. The van der Waals surface area contributed by atoms with Gasteiger partial charge in [-0.25, -0.2) is 0 Å². The molecule has 1 fully saturated rings. The van der Waals surface area contributed by atoms with Gasteiger partial charge in [0, 0.05) is 25.0 Å². The van der Waals surface area contributed by atoms with Crippen LogP contribution in [0.1, 0.15) is 24.8 Å². The van der Waals surface area contributed by atoms with Crippen LogP contribution in [0.3, 0.4) is 0 Å². The van der Waals surface area contributed by atoms with Crippen LogP contribution in [0.15, 0.2) is 24.5 Å². The third-order valence-corrected chi connectivity index (χ3v) is 3.60. The number of rotatable bonds is 3. The Bertz CT molecular complexity index is 523. The van der Waals surface area contributed by atoms with Gasteiger partial charge in [0.2, 0.25) is 0 Å². The molecular formula is C13H17N3. The highest BCUT2D eigenvalue weighted by Crippen LogP contribution is 2.37. The summed E-state index contributed by atoms with van der Waals surface area (Å²) in [5, 5.41) is 0.